The Hall–Kier alpha value is -1.16. The first-order valence-electron chi connectivity index (χ1n) is 6.08. The minimum Gasteiger partial charge on any atom is -0.466 e. The summed E-state index contributed by atoms with van der Waals surface area (Å²) in [6, 6.07) is 7.16. The summed E-state index contributed by atoms with van der Waals surface area (Å²) in [5.74, 6) is -0.337. The van der Waals surface area contributed by atoms with E-state index in [0.717, 1.165) is 17.3 Å². The Kier molecular flexibility index (Phi) is 6.65. The highest BCUT2D eigenvalue weighted by atomic mass is 79.9. The van der Waals surface area contributed by atoms with Crippen LogP contribution in [-0.2, 0) is 9.53 Å². The van der Waals surface area contributed by atoms with Crippen LogP contribution in [0.4, 0.5) is 0 Å². The van der Waals surface area contributed by atoms with Crippen LogP contribution in [0.1, 0.15) is 43.0 Å². The minimum atomic E-state index is -0.299. The van der Waals surface area contributed by atoms with Gasteiger partial charge in [0.05, 0.1) is 13.0 Å². The van der Waals surface area contributed by atoms with Gasteiger partial charge >= 0.3 is 5.97 Å². The maximum absolute atomic E-state index is 11.8. The molecule has 0 unspecified atom stereocenters. The molecule has 0 atom stereocenters. The molecular formula is C14H17BrO3. The normalized spacial score (nSPS) is 10.1. The molecule has 0 fully saturated rings. The highest BCUT2D eigenvalue weighted by Gasteiger charge is 2.10. The van der Waals surface area contributed by atoms with Gasteiger partial charge in [0.1, 0.15) is 0 Å². The number of hydrogen-bond donors (Lipinski definition) is 0. The summed E-state index contributed by atoms with van der Waals surface area (Å²) in [5.41, 5.74) is 0.616. The third kappa shape index (κ3) is 5.45. The van der Waals surface area contributed by atoms with Crippen LogP contribution in [0.15, 0.2) is 28.7 Å². The smallest absolute Gasteiger partial charge is 0.306 e. The third-order valence-corrected chi connectivity index (χ3v) is 2.96. The zero-order valence-electron chi connectivity index (χ0n) is 10.4. The molecule has 1 rings (SSSR count). The Bertz CT molecular complexity index is 415. The van der Waals surface area contributed by atoms with E-state index in [1.807, 2.05) is 13.0 Å². The Morgan fingerprint density at radius 2 is 2.06 bits per heavy atom. The number of benzene rings is 1. The van der Waals surface area contributed by atoms with Crippen molar-refractivity contribution < 1.29 is 14.3 Å². The largest absolute Gasteiger partial charge is 0.466 e. The number of halogens is 1. The predicted octanol–water partition coefficient (Wildman–Crippen LogP) is 3.76. The number of ketones is 1. The van der Waals surface area contributed by atoms with Crippen molar-refractivity contribution in [1.82, 2.24) is 0 Å². The maximum atomic E-state index is 11.8. The molecule has 1 aromatic rings. The van der Waals surface area contributed by atoms with Crippen molar-refractivity contribution in [2.24, 2.45) is 0 Å². The number of hydrogen-bond acceptors (Lipinski definition) is 3. The van der Waals surface area contributed by atoms with Crippen molar-refractivity contribution in [2.75, 3.05) is 6.61 Å². The SMILES string of the molecule is CCCCOC(=O)CCC(=O)c1cccc(Br)c1. The van der Waals surface area contributed by atoms with Gasteiger partial charge in [0, 0.05) is 16.5 Å². The number of carbonyl (C=O) groups excluding carboxylic acids is 2. The molecule has 0 radical (unpaired) electrons. The quantitative estimate of drug-likeness (QED) is 0.437. The van der Waals surface area contributed by atoms with Gasteiger partial charge in [-0.25, -0.2) is 0 Å². The van der Waals surface area contributed by atoms with Gasteiger partial charge < -0.3 is 4.74 Å². The molecule has 18 heavy (non-hydrogen) atoms. The fraction of sp³-hybridized carbons (Fsp3) is 0.429. The average molecular weight is 313 g/mol. The number of carbonyl (C=O) groups is 2. The molecule has 0 N–H and O–H groups in total. The van der Waals surface area contributed by atoms with Crippen LogP contribution in [0.25, 0.3) is 0 Å². The minimum absolute atomic E-state index is 0.0382. The number of esters is 1. The van der Waals surface area contributed by atoms with Gasteiger partial charge in [-0.15, -0.1) is 0 Å². The summed E-state index contributed by atoms with van der Waals surface area (Å²) in [6.45, 7) is 2.48. The van der Waals surface area contributed by atoms with Crippen molar-refractivity contribution in [1.29, 1.82) is 0 Å². The summed E-state index contributed by atoms with van der Waals surface area (Å²) < 4.78 is 5.85. The molecule has 0 saturated carbocycles. The zero-order valence-corrected chi connectivity index (χ0v) is 12.0. The summed E-state index contributed by atoms with van der Waals surface area (Å²) in [6.07, 6.45) is 2.20. The van der Waals surface area contributed by atoms with Gasteiger partial charge in [0.2, 0.25) is 0 Å². The van der Waals surface area contributed by atoms with E-state index < -0.39 is 0 Å². The summed E-state index contributed by atoms with van der Waals surface area (Å²) in [4.78, 5) is 23.1. The Balaban J connectivity index is 2.35. The highest BCUT2D eigenvalue weighted by molar-refractivity contribution is 9.10. The van der Waals surface area contributed by atoms with E-state index in [1.54, 1.807) is 18.2 Å². The molecule has 0 heterocycles. The van der Waals surface area contributed by atoms with E-state index in [4.69, 9.17) is 4.74 Å². The molecule has 0 aliphatic heterocycles. The van der Waals surface area contributed by atoms with E-state index in [0.29, 0.717) is 12.2 Å². The Morgan fingerprint density at radius 3 is 2.72 bits per heavy atom. The van der Waals surface area contributed by atoms with Crippen LogP contribution in [0, 0.1) is 0 Å². The second-order valence-corrected chi connectivity index (χ2v) is 4.92. The van der Waals surface area contributed by atoms with Gasteiger partial charge in [-0.05, 0) is 18.6 Å². The van der Waals surface area contributed by atoms with Gasteiger partial charge in [0.25, 0.3) is 0 Å². The highest BCUT2D eigenvalue weighted by Crippen LogP contribution is 2.14. The lowest BCUT2D eigenvalue weighted by molar-refractivity contribution is -0.143. The van der Waals surface area contributed by atoms with Crippen molar-refractivity contribution in [3.8, 4) is 0 Å². The fourth-order valence-corrected chi connectivity index (χ4v) is 1.82. The Morgan fingerprint density at radius 1 is 1.28 bits per heavy atom. The molecule has 0 saturated heterocycles. The zero-order chi connectivity index (χ0) is 13.4. The predicted molar refractivity (Wildman–Crippen MR) is 73.6 cm³/mol. The molecule has 4 heteroatoms. The second-order valence-electron chi connectivity index (χ2n) is 4.01. The van der Waals surface area contributed by atoms with Gasteiger partial charge in [-0.2, -0.15) is 0 Å². The second kappa shape index (κ2) is 8.03. The Labute approximate surface area is 116 Å². The summed E-state index contributed by atoms with van der Waals surface area (Å²) in [7, 11) is 0. The fourth-order valence-electron chi connectivity index (χ4n) is 1.42. The number of unbranched alkanes of at least 4 members (excludes halogenated alkanes) is 1. The van der Waals surface area contributed by atoms with E-state index in [1.165, 1.54) is 0 Å². The van der Waals surface area contributed by atoms with Gasteiger partial charge in [-0.3, -0.25) is 9.59 Å². The molecule has 0 spiro atoms. The van der Waals surface area contributed by atoms with Crippen LogP contribution in [-0.4, -0.2) is 18.4 Å². The molecule has 0 amide bonds. The van der Waals surface area contributed by atoms with Gasteiger partial charge in [-0.1, -0.05) is 41.4 Å². The lowest BCUT2D eigenvalue weighted by Crippen LogP contribution is -2.09. The molecule has 0 aliphatic carbocycles. The van der Waals surface area contributed by atoms with Crippen molar-refractivity contribution >= 4 is 27.7 Å². The van der Waals surface area contributed by atoms with Crippen LogP contribution in [0.3, 0.4) is 0 Å². The summed E-state index contributed by atoms with van der Waals surface area (Å²) in [5, 5.41) is 0. The average Bonchev–Trinajstić information content (AvgIpc) is 2.36. The van der Waals surface area contributed by atoms with Crippen LogP contribution in [0.2, 0.25) is 0 Å². The first-order chi connectivity index (χ1) is 8.63. The molecule has 0 bridgehead atoms. The van der Waals surface area contributed by atoms with Crippen LogP contribution in [0.5, 0.6) is 0 Å². The molecule has 0 aliphatic rings. The number of rotatable bonds is 7. The molecule has 3 nitrogen and oxygen atoms in total. The van der Waals surface area contributed by atoms with E-state index in [9.17, 15) is 9.59 Å². The van der Waals surface area contributed by atoms with Crippen LogP contribution < -0.4 is 0 Å². The number of Topliss-reactive ketones (excluding diaryl/α,β-unsaturated/α-hetero) is 1. The van der Waals surface area contributed by atoms with E-state index >= 15 is 0 Å². The summed E-state index contributed by atoms with van der Waals surface area (Å²) >= 11 is 3.31. The molecule has 0 aromatic heterocycles. The lowest BCUT2D eigenvalue weighted by Gasteiger charge is -2.04. The third-order valence-electron chi connectivity index (χ3n) is 2.46. The van der Waals surface area contributed by atoms with E-state index in [2.05, 4.69) is 15.9 Å². The maximum Gasteiger partial charge on any atom is 0.306 e. The molecular weight excluding hydrogens is 296 g/mol. The van der Waals surface area contributed by atoms with Crippen molar-refractivity contribution in [2.45, 2.75) is 32.6 Å². The van der Waals surface area contributed by atoms with Crippen molar-refractivity contribution in [3.05, 3.63) is 34.3 Å². The monoisotopic (exact) mass is 312 g/mol. The van der Waals surface area contributed by atoms with E-state index in [-0.39, 0.29) is 24.6 Å². The molecule has 98 valence electrons. The first kappa shape index (κ1) is 14.9. The first-order valence-corrected chi connectivity index (χ1v) is 6.87. The molecule has 1 aromatic carbocycles. The van der Waals surface area contributed by atoms with Crippen LogP contribution >= 0.6 is 15.9 Å². The van der Waals surface area contributed by atoms with Crippen molar-refractivity contribution in [3.63, 3.8) is 0 Å². The number of ether oxygens (including phenoxy) is 1. The lowest BCUT2D eigenvalue weighted by atomic mass is 10.1. The topological polar surface area (TPSA) is 43.4 Å². The van der Waals surface area contributed by atoms with Gasteiger partial charge in [0.15, 0.2) is 5.78 Å². The standard InChI is InChI=1S/C14H17BrO3/c1-2-3-9-18-14(17)8-7-13(16)11-5-4-6-12(15)10-11/h4-6,10H,2-3,7-9H2,1H3.